The van der Waals surface area contributed by atoms with Crippen LogP contribution >= 0.6 is 0 Å². The highest BCUT2D eigenvalue weighted by Crippen LogP contribution is 2.43. The van der Waals surface area contributed by atoms with E-state index in [9.17, 15) is 9.59 Å². The molecule has 1 atom stereocenters. The molecule has 1 saturated heterocycles. The van der Waals surface area contributed by atoms with Crippen LogP contribution in [0.5, 0.6) is 0 Å². The van der Waals surface area contributed by atoms with Gasteiger partial charge in [0.05, 0.1) is 17.9 Å². The second kappa shape index (κ2) is 7.10. The van der Waals surface area contributed by atoms with Crippen LogP contribution in [-0.2, 0) is 4.79 Å². The van der Waals surface area contributed by atoms with Gasteiger partial charge in [-0.3, -0.25) is 14.6 Å². The van der Waals surface area contributed by atoms with Gasteiger partial charge in [0.25, 0.3) is 5.91 Å². The van der Waals surface area contributed by atoms with E-state index in [1.54, 1.807) is 19.3 Å². The molecule has 25 heavy (non-hydrogen) atoms. The molecule has 1 aliphatic carbocycles. The Morgan fingerprint density at radius 3 is 2.52 bits per heavy atom. The Morgan fingerprint density at radius 1 is 1.24 bits per heavy atom. The van der Waals surface area contributed by atoms with Crippen molar-refractivity contribution < 1.29 is 9.59 Å². The topological polar surface area (TPSA) is 66.4 Å². The second-order valence-electron chi connectivity index (χ2n) is 7.41. The summed E-state index contributed by atoms with van der Waals surface area (Å²) in [5, 5.41) is 0. The Morgan fingerprint density at radius 2 is 1.96 bits per heavy atom. The molecule has 1 aliphatic heterocycles. The van der Waals surface area contributed by atoms with Crippen LogP contribution in [0.1, 0.15) is 68.6 Å². The molecular formula is C19H28N4O2. The third-order valence-corrected chi connectivity index (χ3v) is 5.80. The van der Waals surface area contributed by atoms with Crippen molar-refractivity contribution in [3.63, 3.8) is 0 Å². The molecule has 2 aliphatic rings. The number of rotatable bonds is 3. The number of hydrogen-bond donors (Lipinski definition) is 0. The predicted octanol–water partition coefficient (Wildman–Crippen LogP) is 2.57. The zero-order chi connectivity index (χ0) is 18.0. The monoisotopic (exact) mass is 344 g/mol. The van der Waals surface area contributed by atoms with Gasteiger partial charge in [-0.05, 0) is 33.1 Å². The van der Waals surface area contributed by atoms with E-state index in [0.717, 1.165) is 37.8 Å². The maximum absolute atomic E-state index is 13.2. The molecule has 6 nitrogen and oxygen atoms in total. The average molecular weight is 344 g/mol. The van der Waals surface area contributed by atoms with Crippen LogP contribution in [0.15, 0.2) is 12.4 Å². The van der Waals surface area contributed by atoms with Gasteiger partial charge in [0.2, 0.25) is 5.91 Å². The summed E-state index contributed by atoms with van der Waals surface area (Å²) in [6.45, 7) is 6.77. The van der Waals surface area contributed by atoms with Crippen LogP contribution in [0.2, 0.25) is 0 Å². The number of carbonyl (C=O) groups excluding carboxylic acids is 2. The summed E-state index contributed by atoms with van der Waals surface area (Å²) in [5.74, 6) is 0.0411. The van der Waals surface area contributed by atoms with E-state index in [0.29, 0.717) is 18.8 Å². The van der Waals surface area contributed by atoms with E-state index < -0.39 is 0 Å². The summed E-state index contributed by atoms with van der Waals surface area (Å²) < 4.78 is 0. The Kier molecular flexibility index (Phi) is 5.06. The lowest BCUT2D eigenvalue weighted by atomic mass is 9.79. The summed E-state index contributed by atoms with van der Waals surface area (Å²) in [5.41, 5.74) is 1.08. The summed E-state index contributed by atoms with van der Waals surface area (Å²) in [6, 6.07) is 0.1000. The van der Waals surface area contributed by atoms with Gasteiger partial charge in [-0.15, -0.1) is 0 Å². The van der Waals surface area contributed by atoms with Crippen LogP contribution in [0, 0.1) is 6.92 Å². The number of hydrogen-bond acceptors (Lipinski definition) is 4. The van der Waals surface area contributed by atoms with Gasteiger partial charge in [-0.1, -0.05) is 19.3 Å². The fourth-order valence-electron chi connectivity index (χ4n) is 4.59. The van der Waals surface area contributed by atoms with Gasteiger partial charge in [-0.2, -0.15) is 0 Å². The molecule has 2 heterocycles. The molecule has 1 spiro atoms. The molecule has 0 aromatic carbocycles. The van der Waals surface area contributed by atoms with Crippen molar-refractivity contribution in [1.82, 2.24) is 19.8 Å². The number of likely N-dealkylation sites (tertiary alicyclic amines) is 1. The first-order valence-corrected chi connectivity index (χ1v) is 9.34. The lowest BCUT2D eigenvalue weighted by Crippen LogP contribution is -2.48. The molecule has 6 heteroatoms. The normalized spacial score (nSPS) is 22.2. The predicted molar refractivity (Wildman–Crippen MR) is 95.1 cm³/mol. The van der Waals surface area contributed by atoms with E-state index in [2.05, 4.69) is 9.97 Å². The van der Waals surface area contributed by atoms with E-state index in [1.807, 2.05) is 23.6 Å². The molecule has 2 amide bonds. The highest BCUT2D eigenvalue weighted by molar-refractivity contribution is 5.93. The van der Waals surface area contributed by atoms with Gasteiger partial charge in [0, 0.05) is 31.7 Å². The highest BCUT2D eigenvalue weighted by atomic mass is 16.2. The number of nitrogens with zero attached hydrogens (tertiary/aromatic N) is 4. The highest BCUT2D eigenvalue weighted by Gasteiger charge is 2.50. The van der Waals surface area contributed by atoms with E-state index in [-0.39, 0.29) is 23.4 Å². The third kappa shape index (κ3) is 3.39. The standard InChI is InChI=1S/C19H28N4O2/c1-4-22(15(3)24)16-10-19(8-6-5-7-9-19)23(13-16)18(25)17-12-20-14(2)11-21-17/h11-12,16H,4-10,13H2,1-3H3/t16-/m1/s1. The maximum Gasteiger partial charge on any atom is 0.274 e. The van der Waals surface area contributed by atoms with E-state index >= 15 is 0 Å². The minimum atomic E-state index is -0.130. The molecule has 0 radical (unpaired) electrons. The average Bonchev–Trinajstić information content (AvgIpc) is 2.94. The van der Waals surface area contributed by atoms with E-state index in [1.165, 1.54) is 6.42 Å². The van der Waals surface area contributed by atoms with Crippen molar-refractivity contribution in [3.05, 3.63) is 23.8 Å². The molecule has 0 unspecified atom stereocenters. The molecule has 0 N–H and O–H groups in total. The van der Waals surface area contributed by atoms with E-state index in [4.69, 9.17) is 0 Å². The number of aromatic nitrogens is 2. The number of carbonyl (C=O) groups is 2. The van der Waals surface area contributed by atoms with Crippen molar-refractivity contribution in [3.8, 4) is 0 Å². The smallest absolute Gasteiger partial charge is 0.274 e. The number of amides is 2. The van der Waals surface area contributed by atoms with Crippen LogP contribution < -0.4 is 0 Å². The summed E-state index contributed by atoms with van der Waals surface area (Å²) in [6.07, 6.45) is 9.64. The van der Waals surface area contributed by atoms with Crippen molar-refractivity contribution in [1.29, 1.82) is 0 Å². The van der Waals surface area contributed by atoms with Crippen LogP contribution in [-0.4, -0.2) is 56.3 Å². The van der Waals surface area contributed by atoms with Gasteiger partial charge in [-0.25, -0.2) is 4.98 Å². The minimum Gasteiger partial charge on any atom is -0.338 e. The Balaban J connectivity index is 1.89. The van der Waals surface area contributed by atoms with Gasteiger partial charge in [0.15, 0.2) is 0 Å². The lowest BCUT2D eigenvalue weighted by molar-refractivity contribution is -0.130. The quantitative estimate of drug-likeness (QED) is 0.845. The molecule has 1 aromatic heterocycles. The zero-order valence-corrected chi connectivity index (χ0v) is 15.5. The molecule has 1 saturated carbocycles. The van der Waals surface area contributed by atoms with Crippen LogP contribution in [0.4, 0.5) is 0 Å². The van der Waals surface area contributed by atoms with Crippen molar-refractivity contribution in [2.24, 2.45) is 0 Å². The van der Waals surface area contributed by atoms with Crippen LogP contribution in [0.25, 0.3) is 0 Å². The lowest BCUT2D eigenvalue weighted by Gasteiger charge is -2.41. The molecule has 1 aromatic rings. The largest absolute Gasteiger partial charge is 0.338 e. The number of likely N-dealkylation sites (N-methyl/N-ethyl adjacent to an activating group) is 1. The van der Waals surface area contributed by atoms with Crippen molar-refractivity contribution in [2.75, 3.05) is 13.1 Å². The second-order valence-corrected chi connectivity index (χ2v) is 7.41. The van der Waals surface area contributed by atoms with Crippen molar-refractivity contribution in [2.45, 2.75) is 70.9 Å². The number of aryl methyl sites for hydroxylation is 1. The maximum atomic E-state index is 13.2. The van der Waals surface area contributed by atoms with Crippen LogP contribution in [0.3, 0.4) is 0 Å². The molecular weight excluding hydrogens is 316 g/mol. The summed E-state index contributed by atoms with van der Waals surface area (Å²) in [4.78, 5) is 37.6. The summed E-state index contributed by atoms with van der Waals surface area (Å²) in [7, 11) is 0. The first-order valence-electron chi connectivity index (χ1n) is 9.34. The fraction of sp³-hybridized carbons (Fsp3) is 0.684. The first kappa shape index (κ1) is 17.8. The fourth-order valence-corrected chi connectivity index (χ4v) is 4.59. The minimum absolute atomic E-state index is 0.0449. The summed E-state index contributed by atoms with van der Waals surface area (Å²) >= 11 is 0. The molecule has 3 rings (SSSR count). The molecule has 136 valence electrons. The van der Waals surface area contributed by atoms with Gasteiger partial charge < -0.3 is 9.80 Å². The molecule has 2 fully saturated rings. The molecule has 0 bridgehead atoms. The first-order chi connectivity index (χ1) is 12.0. The Hall–Kier alpha value is -1.98. The zero-order valence-electron chi connectivity index (χ0n) is 15.5. The van der Waals surface area contributed by atoms with Crippen molar-refractivity contribution >= 4 is 11.8 Å². The SMILES string of the molecule is CCN(C(C)=O)[C@H]1CN(C(=O)c2cnc(C)cn2)C2(CCCCC2)C1. The third-order valence-electron chi connectivity index (χ3n) is 5.80. The Labute approximate surface area is 149 Å². The van der Waals surface area contributed by atoms with Gasteiger partial charge in [0.1, 0.15) is 5.69 Å². The Bertz CT molecular complexity index is 637. The van der Waals surface area contributed by atoms with Gasteiger partial charge >= 0.3 is 0 Å².